The topological polar surface area (TPSA) is 125 Å². The van der Waals surface area contributed by atoms with Gasteiger partial charge in [0.05, 0.1) is 4.92 Å². The Balaban J connectivity index is 2.41. The van der Waals surface area contributed by atoms with Gasteiger partial charge in [0.1, 0.15) is 6.20 Å². The van der Waals surface area contributed by atoms with Crippen molar-refractivity contribution in [2.24, 2.45) is 7.05 Å². The van der Waals surface area contributed by atoms with Crippen LogP contribution in [-0.4, -0.2) is 42.1 Å². The first-order chi connectivity index (χ1) is 8.61. The van der Waals surface area contributed by atoms with E-state index in [1.165, 1.54) is 4.68 Å². The molecule has 0 atom stereocenters. The van der Waals surface area contributed by atoms with Gasteiger partial charge in [-0.1, -0.05) is 0 Å². The lowest BCUT2D eigenvalue weighted by Gasteiger charge is -2.02. The number of nitrogens with zero attached hydrogens (tertiary/aromatic N) is 7. The highest BCUT2D eigenvalue weighted by Gasteiger charge is 2.20. The maximum absolute atomic E-state index is 10.9. The fraction of sp³-hybridized carbons (Fsp3) is 0.286. The van der Waals surface area contributed by atoms with Crippen LogP contribution < -0.4 is 5.32 Å². The first-order valence-corrected chi connectivity index (χ1v) is 5.53. The van der Waals surface area contributed by atoms with Gasteiger partial charge in [0.2, 0.25) is 11.1 Å². The van der Waals surface area contributed by atoms with Crippen LogP contribution in [-0.2, 0) is 7.05 Å². The molecule has 0 saturated carbocycles. The molecular weight excluding hydrogens is 260 g/mol. The minimum Gasteiger partial charge on any atom is -0.357 e. The Labute approximate surface area is 105 Å². The Morgan fingerprint density at radius 2 is 2.33 bits per heavy atom. The molecule has 0 saturated heterocycles. The largest absolute Gasteiger partial charge is 0.357 e. The second kappa shape index (κ2) is 4.91. The minimum atomic E-state index is -0.550. The van der Waals surface area contributed by atoms with Crippen LogP contribution in [0.3, 0.4) is 0 Å². The Hall–Kier alpha value is -2.30. The first-order valence-electron chi connectivity index (χ1n) is 4.71. The van der Waals surface area contributed by atoms with Gasteiger partial charge >= 0.3 is 5.69 Å². The molecular formula is C7H8N8O2S. The van der Waals surface area contributed by atoms with E-state index >= 15 is 0 Å². The van der Waals surface area contributed by atoms with Crippen molar-refractivity contribution in [1.82, 2.24) is 30.2 Å². The molecule has 0 aliphatic rings. The van der Waals surface area contributed by atoms with Crippen molar-refractivity contribution >= 4 is 23.4 Å². The Morgan fingerprint density at radius 3 is 2.89 bits per heavy atom. The molecule has 2 heterocycles. The first kappa shape index (κ1) is 12.2. The molecule has 0 aliphatic heterocycles. The van der Waals surface area contributed by atoms with Crippen LogP contribution in [0.15, 0.2) is 16.4 Å². The van der Waals surface area contributed by atoms with E-state index in [2.05, 4.69) is 30.8 Å². The van der Waals surface area contributed by atoms with Gasteiger partial charge < -0.3 is 5.32 Å². The van der Waals surface area contributed by atoms with Crippen LogP contribution >= 0.6 is 11.8 Å². The number of nitro groups is 1. The lowest BCUT2D eigenvalue weighted by Crippen LogP contribution is -2.02. The Morgan fingerprint density at radius 1 is 1.56 bits per heavy atom. The summed E-state index contributed by atoms with van der Waals surface area (Å²) >= 11 is 0.999. The lowest BCUT2D eigenvalue weighted by molar-refractivity contribution is -0.388. The molecule has 0 fully saturated rings. The van der Waals surface area contributed by atoms with Gasteiger partial charge in [-0.3, -0.25) is 10.1 Å². The van der Waals surface area contributed by atoms with Gasteiger partial charge in [-0.15, -0.1) is 5.10 Å². The molecule has 0 aliphatic carbocycles. The zero-order valence-corrected chi connectivity index (χ0v) is 10.2. The molecule has 18 heavy (non-hydrogen) atoms. The number of aromatic nitrogens is 6. The molecule has 94 valence electrons. The number of aryl methyl sites for hydroxylation is 1. The van der Waals surface area contributed by atoms with E-state index < -0.39 is 4.92 Å². The third kappa shape index (κ3) is 2.34. The summed E-state index contributed by atoms with van der Waals surface area (Å²) in [5.41, 5.74) is -0.193. The molecule has 0 unspecified atom stereocenters. The molecule has 0 spiro atoms. The van der Waals surface area contributed by atoms with Crippen molar-refractivity contribution in [2.75, 3.05) is 12.4 Å². The van der Waals surface area contributed by atoms with E-state index in [1.807, 2.05) is 0 Å². The molecule has 0 bridgehead atoms. The highest BCUT2D eigenvalue weighted by Crippen LogP contribution is 2.31. The summed E-state index contributed by atoms with van der Waals surface area (Å²) in [4.78, 5) is 18.1. The number of hydrogen-bond acceptors (Lipinski definition) is 9. The molecule has 1 N–H and O–H groups in total. The number of tetrazole rings is 1. The summed E-state index contributed by atoms with van der Waals surface area (Å²) < 4.78 is 1.40. The molecule has 2 aromatic heterocycles. The summed E-state index contributed by atoms with van der Waals surface area (Å²) in [6.07, 6.45) is 1.14. The molecule has 2 aromatic rings. The average Bonchev–Trinajstić information content (AvgIpc) is 2.74. The zero-order valence-electron chi connectivity index (χ0n) is 9.43. The second-order valence-electron chi connectivity index (χ2n) is 3.08. The number of anilines is 1. The van der Waals surface area contributed by atoms with Crippen LogP contribution in [0.4, 0.5) is 11.6 Å². The monoisotopic (exact) mass is 268 g/mol. The lowest BCUT2D eigenvalue weighted by atomic mass is 10.5. The maximum Gasteiger partial charge on any atom is 0.320 e. The third-order valence-corrected chi connectivity index (χ3v) is 2.95. The van der Waals surface area contributed by atoms with Crippen LogP contribution in [0.1, 0.15) is 0 Å². The summed E-state index contributed by atoms with van der Waals surface area (Å²) in [5, 5.41) is 25.0. The van der Waals surface area contributed by atoms with Crippen molar-refractivity contribution in [3.8, 4) is 0 Å². The van der Waals surface area contributed by atoms with Gasteiger partial charge in [0.25, 0.3) is 0 Å². The van der Waals surface area contributed by atoms with Gasteiger partial charge in [0.15, 0.2) is 5.03 Å². The summed E-state index contributed by atoms with van der Waals surface area (Å²) in [5.74, 6) is 0.290. The van der Waals surface area contributed by atoms with E-state index in [0.29, 0.717) is 11.1 Å². The smallest absolute Gasteiger partial charge is 0.320 e. The number of rotatable bonds is 4. The highest BCUT2D eigenvalue weighted by molar-refractivity contribution is 7.99. The van der Waals surface area contributed by atoms with Crippen molar-refractivity contribution in [3.63, 3.8) is 0 Å². The van der Waals surface area contributed by atoms with E-state index in [4.69, 9.17) is 0 Å². The van der Waals surface area contributed by atoms with E-state index in [1.54, 1.807) is 14.1 Å². The third-order valence-electron chi connectivity index (χ3n) is 1.93. The fourth-order valence-electron chi connectivity index (χ4n) is 1.07. The van der Waals surface area contributed by atoms with Crippen LogP contribution in [0.2, 0.25) is 0 Å². The van der Waals surface area contributed by atoms with Crippen LogP contribution in [0, 0.1) is 10.1 Å². The predicted octanol–water partition coefficient (Wildman–Crippen LogP) is 0.101. The van der Waals surface area contributed by atoms with E-state index in [9.17, 15) is 10.1 Å². The highest BCUT2D eigenvalue weighted by atomic mass is 32.2. The van der Waals surface area contributed by atoms with E-state index in [0.717, 1.165) is 18.0 Å². The average molecular weight is 268 g/mol. The normalized spacial score (nSPS) is 10.3. The van der Waals surface area contributed by atoms with Crippen LogP contribution in [0.25, 0.3) is 0 Å². The summed E-state index contributed by atoms with van der Waals surface area (Å²) in [6, 6.07) is 0. The predicted molar refractivity (Wildman–Crippen MR) is 61.2 cm³/mol. The molecule has 0 aromatic carbocycles. The van der Waals surface area contributed by atoms with Gasteiger partial charge in [-0.05, 0) is 22.2 Å². The van der Waals surface area contributed by atoms with Crippen molar-refractivity contribution in [1.29, 1.82) is 0 Å². The second-order valence-corrected chi connectivity index (χ2v) is 4.03. The van der Waals surface area contributed by atoms with Crippen molar-refractivity contribution < 1.29 is 4.92 Å². The SMILES string of the molecule is CNc1ncc([N+](=O)[O-])c(Sc2nnnn2C)n1. The quantitative estimate of drug-likeness (QED) is 0.466. The summed E-state index contributed by atoms with van der Waals surface area (Å²) in [6.45, 7) is 0. The maximum atomic E-state index is 10.9. The van der Waals surface area contributed by atoms with Crippen LogP contribution in [0.5, 0.6) is 0 Å². The Kier molecular flexibility index (Phi) is 3.32. The van der Waals surface area contributed by atoms with E-state index in [-0.39, 0.29) is 10.7 Å². The molecule has 10 nitrogen and oxygen atoms in total. The molecule has 2 rings (SSSR count). The number of hydrogen-bond donors (Lipinski definition) is 1. The molecule has 11 heteroatoms. The standard InChI is InChI=1S/C7H8N8O2S/c1-8-6-9-3-4(15(16)17)5(10-6)18-7-11-12-13-14(7)2/h3H,1-2H3,(H,8,9,10). The Bertz CT molecular complexity index is 585. The fourth-order valence-corrected chi connectivity index (χ4v) is 1.86. The molecule has 0 radical (unpaired) electrons. The van der Waals surface area contributed by atoms with Gasteiger partial charge in [0, 0.05) is 14.1 Å². The van der Waals surface area contributed by atoms with Gasteiger partial charge in [-0.2, -0.15) is 4.98 Å². The van der Waals surface area contributed by atoms with Crippen molar-refractivity contribution in [3.05, 3.63) is 16.3 Å². The molecule has 0 amide bonds. The number of nitrogens with one attached hydrogen (secondary N) is 1. The zero-order chi connectivity index (χ0) is 13.1. The summed E-state index contributed by atoms with van der Waals surface area (Å²) in [7, 11) is 3.26. The van der Waals surface area contributed by atoms with Gasteiger partial charge in [-0.25, -0.2) is 9.67 Å². The van der Waals surface area contributed by atoms with Crippen molar-refractivity contribution in [2.45, 2.75) is 10.2 Å². The minimum absolute atomic E-state index is 0.178.